The van der Waals surface area contributed by atoms with Gasteiger partial charge >= 0.3 is 12.2 Å². The number of aromatic nitrogens is 2. The van der Waals surface area contributed by atoms with E-state index in [1.807, 2.05) is 55.7 Å². The van der Waals surface area contributed by atoms with Crippen LogP contribution in [0.1, 0.15) is 51.2 Å². The summed E-state index contributed by atoms with van der Waals surface area (Å²) in [6, 6.07) is 13.1. The minimum absolute atomic E-state index is 0.126. The summed E-state index contributed by atoms with van der Waals surface area (Å²) in [4.78, 5) is 31.0. The highest BCUT2D eigenvalue weighted by Gasteiger charge is 2.37. The minimum Gasteiger partial charge on any atom is -0.445 e. The zero-order chi connectivity index (χ0) is 24.5. The van der Waals surface area contributed by atoms with Gasteiger partial charge in [0.2, 0.25) is 0 Å². The molecule has 8 nitrogen and oxygen atoms in total. The fourth-order valence-corrected chi connectivity index (χ4v) is 3.87. The Bertz CT molecular complexity index is 1180. The van der Waals surface area contributed by atoms with Crippen molar-refractivity contribution in [3.05, 3.63) is 65.7 Å². The molecule has 2 heterocycles. The molecular weight excluding hydrogens is 439 g/mol. The Labute approximate surface area is 197 Å². The van der Waals surface area contributed by atoms with Crippen LogP contribution in [0.5, 0.6) is 0 Å². The lowest BCUT2D eigenvalue weighted by molar-refractivity contribution is 0.00108. The van der Waals surface area contributed by atoms with E-state index in [1.165, 1.54) is 12.1 Å². The summed E-state index contributed by atoms with van der Waals surface area (Å²) in [7, 11) is 0. The van der Waals surface area contributed by atoms with Gasteiger partial charge in [-0.25, -0.2) is 19.0 Å². The van der Waals surface area contributed by atoms with Gasteiger partial charge in [-0.15, -0.1) is 0 Å². The molecule has 1 N–H and O–H groups in total. The molecule has 0 unspecified atom stereocenters. The smallest absolute Gasteiger partial charge is 0.410 e. The quantitative estimate of drug-likeness (QED) is 0.572. The Balaban J connectivity index is 1.49. The zero-order valence-corrected chi connectivity index (χ0v) is 19.7. The number of nitrogens with zero attached hydrogens (tertiary/aromatic N) is 3. The molecule has 0 radical (unpaired) electrons. The van der Waals surface area contributed by atoms with Crippen LogP contribution in [-0.4, -0.2) is 45.3 Å². The Hall–Kier alpha value is -3.62. The summed E-state index contributed by atoms with van der Waals surface area (Å²) in [6.07, 6.45) is -0.971. The second-order valence-corrected chi connectivity index (χ2v) is 9.44. The van der Waals surface area contributed by atoms with Gasteiger partial charge in [-0.05, 0) is 51.5 Å². The topological polar surface area (TPSA) is 85.7 Å². The summed E-state index contributed by atoms with van der Waals surface area (Å²) < 4.78 is 26.7. The average Bonchev–Trinajstić information content (AvgIpc) is 3.09. The molecule has 180 valence electrons. The molecule has 1 saturated heterocycles. The van der Waals surface area contributed by atoms with E-state index in [0.717, 1.165) is 5.56 Å². The lowest BCUT2D eigenvalue weighted by Crippen LogP contribution is -2.52. The monoisotopic (exact) mass is 468 g/mol. The molecule has 4 rings (SSSR count). The first-order valence-corrected chi connectivity index (χ1v) is 11.2. The maximum absolute atomic E-state index is 14.1. The number of imidazole rings is 1. The van der Waals surface area contributed by atoms with Crippen molar-refractivity contribution in [1.82, 2.24) is 19.8 Å². The Kier molecular flexibility index (Phi) is 6.45. The Morgan fingerprint density at radius 2 is 1.88 bits per heavy atom. The van der Waals surface area contributed by atoms with E-state index in [9.17, 15) is 14.0 Å². The molecule has 0 aliphatic carbocycles. The summed E-state index contributed by atoms with van der Waals surface area (Å²) in [5.41, 5.74) is 1.51. The van der Waals surface area contributed by atoms with Gasteiger partial charge in [-0.2, -0.15) is 0 Å². The van der Waals surface area contributed by atoms with Crippen LogP contribution in [0.3, 0.4) is 0 Å². The van der Waals surface area contributed by atoms with Gasteiger partial charge in [0.1, 0.15) is 23.8 Å². The third kappa shape index (κ3) is 5.30. The molecule has 2 amide bonds. The highest BCUT2D eigenvalue weighted by atomic mass is 19.1. The van der Waals surface area contributed by atoms with Crippen LogP contribution in [-0.2, 0) is 16.1 Å². The van der Waals surface area contributed by atoms with Gasteiger partial charge in [0, 0.05) is 13.1 Å². The SMILES string of the molecule is C[C@H](NC(=O)OCc1ccccc1)c1nc2ccc(F)cc2n1C1CN(C(=O)OC(C)(C)C)C1. The van der Waals surface area contributed by atoms with E-state index in [4.69, 9.17) is 9.47 Å². The highest BCUT2D eigenvalue weighted by molar-refractivity contribution is 5.77. The van der Waals surface area contributed by atoms with Gasteiger partial charge in [0.25, 0.3) is 0 Å². The van der Waals surface area contributed by atoms with Crippen molar-refractivity contribution in [3.63, 3.8) is 0 Å². The molecule has 1 aliphatic rings. The fourth-order valence-electron chi connectivity index (χ4n) is 3.87. The number of halogens is 1. The third-order valence-electron chi connectivity index (χ3n) is 5.49. The molecular formula is C25H29FN4O4. The largest absolute Gasteiger partial charge is 0.445 e. The molecule has 1 atom stereocenters. The number of likely N-dealkylation sites (tertiary alicyclic amines) is 1. The van der Waals surface area contributed by atoms with Crippen molar-refractivity contribution in [2.75, 3.05) is 13.1 Å². The number of nitrogens with one attached hydrogen (secondary N) is 1. The highest BCUT2D eigenvalue weighted by Crippen LogP contribution is 2.32. The van der Waals surface area contributed by atoms with Crippen LogP contribution in [0.15, 0.2) is 48.5 Å². The zero-order valence-electron chi connectivity index (χ0n) is 19.7. The molecule has 0 spiro atoms. The van der Waals surface area contributed by atoms with E-state index < -0.39 is 23.8 Å². The number of carbonyl (C=O) groups is 2. The maximum Gasteiger partial charge on any atom is 0.410 e. The van der Waals surface area contributed by atoms with Gasteiger partial charge in [-0.1, -0.05) is 30.3 Å². The van der Waals surface area contributed by atoms with Gasteiger partial charge in [-0.3, -0.25) is 0 Å². The van der Waals surface area contributed by atoms with Crippen molar-refractivity contribution >= 4 is 23.2 Å². The molecule has 0 saturated carbocycles. The van der Waals surface area contributed by atoms with Crippen molar-refractivity contribution in [3.8, 4) is 0 Å². The van der Waals surface area contributed by atoms with Crippen molar-refractivity contribution in [2.24, 2.45) is 0 Å². The van der Waals surface area contributed by atoms with E-state index in [0.29, 0.717) is 29.9 Å². The first-order chi connectivity index (χ1) is 16.1. The maximum atomic E-state index is 14.1. The van der Waals surface area contributed by atoms with Crippen molar-refractivity contribution < 1.29 is 23.5 Å². The number of hydrogen-bond acceptors (Lipinski definition) is 5. The average molecular weight is 469 g/mol. The lowest BCUT2D eigenvalue weighted by Gasteiger charge is -2.41. The van der Waals surface area contributed by atoms with Crippen LogP contribution in [0.25, 0.3) is 11.0 Å². The summed E-state index contributed by atoms with van der Waals surface area (Å²) in [5.74, 6) is 0.178. The van der Waals surface area contributed by atoms with E-state index >= 15 is 0 Å². The number of amides is 2. The molecule has 0 bridgehead atoms. The molecule has 1 aliphatic heterocycles. The second-order valence-electron chi connectivity index (χ2n) is 9.44. The van der Waals surface area contributed by atoms with Crippen LogP contribution in [0.2, 0.25) is 0 Å². The number of alkyl carbamates (subject to hydrolysis) is 1. The van der Waals surface area contributed by atoms with E-state index in [2.05, 4.69) is 10.3 Å². The van der Waals surface area contributed by atoms with Gasteiger partial charge < -0.3 is 24.3 Å². The minimum atomic E-state index is -0.587. The van der Waals surface area contributed by atoms with Gasteiger partial charge in [0.05, 0.1) is 23.1 Å². The van der Waals surface area contributed by atoms with Crippen LogP contribution >= 0.6 is 0 Å². The van der Waals surface area contributed by atoms with Crippen molar-refractivity contribution in [2.45, 2.75) is 52.0 Å². The molecule has 1 aromatic heterocycles. The Morgan fingerprint density at radius 3 is 2.56 bits per heavy atom. The van der Waals surface area contributed by atoms with Crippen LogP contribution in [0.4, 0.5) is 14.0 Å². The Morgan fingerprint density at radius 1 is 1.18 bits per heavy atom. The lowest BCUT2D eigenvalue weighted by atomic mass is 10.1. The molecule has 1 fully saturated rings. The molecule has 9 heteroatoms. The predicted octanol–water partition coefficient (Wildman–Crippen LogP) is 4.95. The van der Waals surface area contributed by atoms with E-state index in [-0.39, 0.29) is 18.5 Å². The van der Waals surface area contributed by atoms with Gasteiger partial charge in [0.15, 0.2) is 0 Å². The first-order valence-electron chi connectivity index (χ1n) is 11.2. The number of fused-ring (bicyclic) bond motifs is 1. The standard InChI is InChI=1S/C25H29FN4O4/c1-16(27-23(31)33-15-17-8-6-5-7-9-17)22-28-20-11-10-18(26)12-21(20)30(22)19-13-29(14-19)24(32)34-25(2,3)4/h5-12,16,19H,13-15H2,1-4H3,(H,27,31)/t16-/m0/s1. The normalized spacial score (nSPS) is 15.0. The molecule has 3 aromatic rings. The van der Waals surface area contributed by atoms with Crippen LogP contribution in [0, 0.1) is 5.82 Å². The third-order valence-corrected chi connectivity index (χ3v) is 5.49. The second kappa shape index (κ2) is 9.32. The van der Waals surface area contributed by atoms with E-state index in [1.54, 1.807) is 17.9 Å². The number of hydrogen-bond donors (Lipinski definition) is 1. The number of benzene rings is 2. The number of ether oxygens (including phenoxy) is 2. The predicted molar refractivity (Wildman–Crippen MR) is 125 cm³/mol. The number of rotatable bonds is 5. The molecule has 2 aromatic carbocycles. The summed E-state index contributed by atoms with van der Waals surface area (Å²) in [6.45, 7) is 8.19. The number of carbonyl (C=O) groups excluding carboxylic acids is 2. The first kappa shape index (κ1) is 23.5. The fraction of sp³-hybridized carbons (Fsp3) is 0.400. The van der Waals surface area contributed by atoms with Crippen LogP contribution < -0.4 is 5.32 Å². The summed E-state index contributed by atoms with van der Waals surface area (Å²) in [5, 5.41) is 2.81. The summed E-state index contributed by atoms with van der Waals surface area (Å²) >= 11 is 0. The van der Waals surface area contributed by atoms with Crippen molar-refractivity contribution in [1.29, 1.82) is 0 Å². The molecule has 34 heavy (non-hydrogen) atoms.